The van der Waals surface area contributed by atoms with E-state index in [0.717, 1.165) is 68.9 Å². The average molecular weight is 809 g/mol. The number of nitrogens with zero attached hydrogens (tertiary/aromatic N) is 8. The van der Waals surface area contributed by atoms with Crippen LogP contribution in [0, 0.1) is 11.7 Å². The van der Waals surface area contributed by atoms with Crippen LogP contribution in [0.25, 0.3) is 11.3 Å². The van der Waals surface area contributed by atoms with Gasteiger partial charge in [-0.25, -0.2) is 9.18 Å². The van der Waals surface area contributed by atoms with E-state index in [9.17, 15) is 28.7 Å². The lowest BCUT2D eigenvalue weighted by molar-refractivity contribution is -0.136. The zero-order valence-corrected chi connectivity index (χ0v) is 34.0. The molecule has 0 bridgehead atoms. The topological polar surface area (TPSA) is 158 Å². The summed E-state index contributed by atoms with van der Waals surface area (Å²) in [5.74, 6) is -0.828. The molecule has 2 aromatic carbocycles. The van der Waals surface area contributed by atoms with E-state index in [0.29, 0.717) is 62.1 Å². The summed E-state index contributed by atoms with van der Waals surface area (Å²) >= 11 is 0. The van der Waals surface area contributed by atoms with Crippen molar-refractivity contribution < 1.29 is 28.7 Å². The molecule has 312 valence electrons. The summed E-state index contributed by atoms with van der Waals surface area (Å²) in [5, 5.41) is 24.9. The van der Waals surface area contributed by atoms with Crippen LogP contribution < -0.4 is 20.4 Å². The Bertz CT molecular complexity index is 2170. The predicted molar refractivity (Wildman–Crippen MR) is 220 cm³/mol. The molecule has 5 amide bonds. The van der Waals surface area contributed by atoms with Crippen molar-refractivity contribution >= 4 is 40.9 Å². The number of piperidine rings is 2. The van der Waals surface area contributed by atoms with Crippen LogP contribution >= 0.6 is 0 Å². The molecule has 16 heteroatoms. The quantitative estimate of drug-likeness (QED) is 0.311. The number of rotatable bonds is 6. The summed E-state index contributed by atoms with van der Waals surface area (Å²) in [4.78, 5) is 64.9. The van der Waals surface area contributed by atoms with E-state index in [1.165, 1.54) is 6.07 Å². The van der Waals surface area contributed by atoms with Crippen molar-refractivity contribution in [1.82, 2.24) is 35.1 Å². The molecule has 4 atom stereocenters. The number of phenolic OH excluding ortho intramolecular Hbond substituents is 1. The molecule has 3 N–H and O–H groups in total. The number of hydrogen-bond donors (Lipinski definition) is 3. The van der Waals surface area contributed by atoms with Crippen molar-refractivity contribution in [3.8, 4) is 17.0 Å². The fourth-order valence-corrected chi connectivity index (χ4v) is 10.5. The molecule has 0 aliphatic carbocycles. The van der Waals surface area contributed by atoms with Crippen LogP contribution in [-0.2, 0) is 16.1 Å². The lowest BCUT2D eigenvalue weighted by atomic mass is 9.87. The predicted octanol–water partition coefficient (Wildman–Crippen LogP) is 3.88. The zero-order chi connectivity index (χ0) is 41.2. The van der Waals surface area contributed by atoms with Gasteiger partial charge in [-0.15, -0.1) is 10.2 Å². The van der Waals surface area contributed by atoms with Crippen molar-refractivity contribution in [2.24, 2.45) is 5.92 Å². The highest BCUT2D eigenvalue weighted by atomic mass is 19.1. The number of nitrogens with one attached hydrogen (secondary N) is 2. The van der Waals surface area contributed by atoms with Crippen molar-refractivity contribution in [3.05, 3.63) is 59.4 Å². The van der Waals surface area contributed by atoms with Gasteiger partial charge in [0.15, 0.2) is 17.4 Å². The van der Waals surface area contributed by atoms with Crippen LogP contribution in [0.3, 0.4) is 0 Å². The van der Waals surface area contributed by atoms with E-state index in [2.05, 4.69) is 67.3 Å². The van der Waals surface area contributed by atoms with Crippen LogP contribution in [0.15, 0.2) is 42.5 Å². The number of fused-ring (bicyclic) bond motifs is 4. The maximum Gasteiger partial charge on any atom is 0.320 e. The Kier molecular flexibility index (Phi) is 10.1. The lowest BCUT2D eigenvalue weighted by Crippen LogP contribution is -2.70. The fourth-order valence-electron chi connectivity index (χ4n) is 10.5. The number of hydrogen-bond acceptors (Lipinski definition) is 11. The Hall–Kier alpha value is -5.51. The molecular weight excluding hydrogens is 756 g/mol. The van der Waals surface area contributed by atoms with Gasteiger partial charge in [0.25, 0.3) is 5.91 Å². The first kappa shape index (κ1) is 39.0. The average Bonchev–Trinajstić information content (AvgIpc) is 3.56. The minimum absolute atomic E-state index is 0.0487. The van der Waals surface area contributed by atoms with Crippen LogP contribution in [0.5, 0.6) is 5.75 Å². The number of halogens is 1. The second-order valence-electron chi connectivity index (χ2n) is 17.4. The Labute approximate surface area is 343 Å². The molecule has 3 aromatic rings. The highest BCUT2D eigenvalue weighted by molar-refractivity contribution is 6.05. The van der Waals surface area contributed by atoms with E-state index in [4.69, 9.17) is 0 Å². The number of anilines is 3. The maximum atomic E-state index is 14.4. The van der Waals surface area contributed by atoms with Gasteiger partial charge in [-0.2, -0.15) is 0 Å². The van der Waals surface area contributed by atoms with Gasteiger partial charge in [-0.1, -0.05) is 19.1 Å². The number of imide groups is 1. The van der Waals surface area contributed by atoms with Gasteiger partial charge in [0.2, 0.25) is 11.8 Å². The summed E-state index contributed by atoms with van der Waals surface area (Å²) < 4.78 is 14.2. The molecule has 9 rings (SSSR count). The molecule has 0 saturated carbocycles. The van der Waals surface area contributed by atoms with Crippen LogP contribution in [0.2, 0.25) is 0 Å². The summed E-state index contributed by atoms with van der Waals surface area (Å²) in [5.41, 5.74) is 3.71. The van der Waals surface area contributed by atoms with Crippen LogP contribution in [0.4, 0.5) is 26.4 Å². The van der Waals surface area contributed by atoms with Crippen molar-refractivity contribution in [2.45, 2.75) is 83.1 Å². The number of aromatic hydroxyl groups is 1. The molecule has 1 aromatic heterocycles. The molecule has 15 nitrogen and oxygen atoms in total. The molecule has 59 heavy (non-hydrogen) atoms. The minimum atomic E-state index is -0.712. The Morgan fingerprint density at radius 1 is 0.966 bits per heavy atom. The first-order chi connectivity index (χ1) is 28.4. The van der Waals surface area contributed by atoms with E-state index >= 15 is 0 Å². The summed E-state index contributed by atoms with van der Waals surface area (Å²) in [7, 11) is 0. The first-order valence-corrected chi connectivity index (χ1v) is 21.1. The molecule has 7 heterocycles. The number of benzene rings is 2. The van der Waals surface area contributed by atoms with Crippen molar-refractivity contribution in [1.29, 1.82) is 0 Å². The number of amides is 5. The minimum Gasteiger partial charge on any atom is -0.504 e. The maximum absolute atomic E-state index is 14.4. The molecule has 6 aliphatic heterocycles. The first-order valence-electron chi connectivity index (χ1n) is 21.1. The SMILES string of the molecule is CCC12CNc3nnc(-c4cccc(F)c4O)cc3N1CCN(C(=O)N1[C@H](C)CN(CC3CCN(c4ccc5c(c4)C(=O)N(C4CCC(=O)NC4=O)C5)CC3)C[C@@H]1C)C2. The highest BCUT2D eigenvalue weighted by Gasteiger charge is 2.48. The van der Waals surface area contributed by atoms with E-state index < -0.39 is 23.5 Å². The van der Waals surface area contributed by atoms with Crippen LogP contribution in [0.1, 0.15) is 68.8 Å². The number of piperazine rings is 2. The molecule has 6 aliphatic rings. The Morgan fingerprint density at radius 3 is 2.49 bits per heavy atom. The molecule has 0 radical (unpaired) electrons. The smallest absolute Gasteiger partial charge is 0.320 e. The van der Waals surface area contributed by atoms with Gasteiger partial charge in [0, 0.05) is 101 Å². The molecule has 4 saturated heterocycles. The van der Waals surface area contributed by atoms with Crippen molar-refractivity contribution in [3.63, 3.8) is 0 Å². The van der Waals surface area contributed by atoms with Gasteiger partial charge >= 0.3 is 6.03 Å². The number of urea groups is 1. The summed E-state index contributed by atoms with van der Waals surface area (Å²) in [6, 6.07) is 11.8. The van der Waals surface area contributed by atoms with Gasteiger partial charge in [-0.05, 0) is 81.3 Å². The molecule has 2 unspecified atom stereocenters. The van der Waals surface area contributed by atoms with Crippen molar-refractivity contribution in [2.75, 3.05) is 74.0 Å². The van der Waals surface area contributed by atoms with Gasteiger partial charge in [0.05, 0.1) is 16.9 Å². The third-order valence-electron chi connectivity index (χ3n) is 13.7. The zero-order valence-electron chi connectivity index (χ0n) is 34.0. The normalized spacial score (nSPS) is 26.3. The van der Waals surface area contributed by atoms with E-state index in [-0.39, 0.29) is 47.5 Å². The third-order valence-corrected chi connectivity index (χ3v) is 13.7. The van der Waals surface area contributed by atoms with E-state index in [1.54, 1.807) is 17.0 Å². The fraction of sp³-hybridized carbons (Fsp3) is 0.535. The number of para-hydroxylation sites is 1. The van der Waals surface area contributed by atoms with Gasteiger partial charge in [-0.3, -0.25) is 24.6 Å². The van der Waals surface area contributed by atoms with E-state index in [1.807, 2.05) is 23.1 Å². The monoisotopic (exact) mass is 808 g/mol. The molecule has 0 spiro atoms. The number of carbonyl (C=O) groups is 4. The lowest BCUT2D eigenvalue weighted by Gasteiger charge is -2.55. The molecule has 4 fully saturated rings. The summed E-state index contributed by atoms with van der Waals surface area (Å²) in [6.07, 6.45) is 3.45. The Morgan fingerprint density at radius 2 is 1.75 bits per heavy atom. The number of carbonyl (C=O) groups excluding carboxylic acids is 4. The van der Waals surface area contributed by atoms with Gasteiger partial charge < -0.3 is 34.9 Å². The second-order valence-corrected chi connectivity index (χ2v) is 17.4. The molecular formula is C43H53FN10O5. The third kappa shape index (κ3) is 6.98. The second kappa shape index (κ2) is 15.3. The summed E-state index contributed by atoms with van der Waals surface area (Å²) in [6.45, 7) is 13.5. The Balaban J connectivity index is 0.792. The number of aromatic nitrogens is 2. The highest BCUT2D eigenvalue weighted by Crippen LogP contribution is 2.42. The van der Waals surface area contributed by atoms with Gasteiger partial charge in [0.1, 0.15) is 6.04 Å². The standard InChI is InChI=1S/C43H53FN10O5/c1-4-43-24-45-39-36(19-34(47-48-39)31-6-5-7-33(44)38(31)56)53(43)17-16-51(25-43)42(59)54-26(2)20-49(21-27(54)3)22-28-12-14-50(15-13-28)30-9-8-29-23-52(41(58)32(29)18-30)35-10-11-37(55)46-40(35)57/h5-9,18-19,26-28,35,56H,4,10-17,20-25H2,1-3H3,(H,45,48)(H,46,55,57)/t26-,27+,35?,43?. The largest absolute Gasteiger partial charge is 0.504 e. The number of phenols is 1. The van der Waals surface area contributed by atoms with Crippen LogP contribution in [-0.4, -0.2) is 141 Å².